The van der Waals surface area contributed by atoms with Crippen molar-refractivity contribution in [3.8, 4) is 5.75 Å². The second-order valence-electron chi connectivity index (χ2n) is 6.02. The van der Waals surface area contributed by atoms with Crippen LogP contribution in [0.1, 0.15) is 5.56 Å². The van der Waals surface area contributed by atoms with Crippen molar-refractivity contribution < 1.29 is 4.74 Å². The van der Waals surface area contributed by atoms with E-state index >= 15 is 0 Å². The van der Waals surface area contributed by atoms with Crippen molar-refractivity contribution in [1.82, 2.24) is 15.2 Å². The van der Waals surface area contributed by atoms with E-state index in [1.807, 2.05) is 37.5 Å². The van der Waals surface area contributed by atoms with Crippen LogP contribution in [0.15, 0.2) is 52.1 Å². The minimum absolute atomic E-state index is 0. The molecule has 1 saturated heterocycles. The molecular weight excluding hydrogens is 521 g/mol. The molecule has 1 aliphatic rings. The molecule has 27 heavy (non-hydrogen) atoms. The molecule has 6 nitrogen and oxygen atoms in total. The van der Waals surface area contributed by atoms with Crippen molar-refractivity contribution >= 4 is 51.7 Å². The number of ether oxygens (including phenoxy) is 1. The minimum atomic E-state index is 0. The van der Waals surface area contributed by atoms with Crippen molar-refractivity contribution in [1.29, 1.82) is 0 Å². The lowest BCUT2D eigenvalue weighted by Gasteiger charge is -2.37. The zero-order valence-corrected chi connectivity index (χ0v) is 19.5. The van der Waals surface area contributed by atoms with Crippen molar-refractivity contribution in [2.45, 2.75) is 6.54 Å². The second kappa shape index (κ2) is 10.7. The Hall–Kier alpha value is -1.55. The number of piperazine rings is 1. The number of aromatic nitrogens is 1. The van der Waals surface area contributed by atoms with Gasteiger partial charge in [0.25, 0.3) is 0 Å². The van der Waals surface area contributed by atoms with Crippen molar-refractivity contribution in [3.05, 3.63) is 52.6 Å². The first kappa shape index (κ1) is 21.7. The summed E-state index contributed by atoms with van der Waals surface area (Å²) >= 11 is 3.52. The number of rotatable bonds is 4. The van der Waals surface area contributed by atoms with Crippen LogP contribution in [0.4, 0.5) is 5.82 Å². The number of halogens is 2. The number of nitrogens with one attached hydrogen (secondary N) is 1. The van der Waals surface area contributed by atoms with Gasteiger partial charge in [0, 0.05) is 56.0 Å². The van der Waals surface area contributed by atoms with Crippen LogP contribution in [0.2, 0.25) is 0 Å². The van der Waals surface area contributed by atoms with E-state index in [2.05, 4.69) is 53.2 Å². The molecule has 1 aliphatic heterocycles. The average Bonchev–Trinajstić information content (AvgIpc) is 2.70. The van der Waals surface area contributed by atoms with Gasteiger partial charge in [-0.2, -0.15) is 0 Å². The monoisotopic (exact) mass is 545 g/mol. The second-order valence-corrected chi connectivity index (χ2v) is 6.93. The highest BCUT2D eigenvalue weighted by atomic mass is 127. The van der Waals surface area contributed by atoms with Crippen LogP contribution in [-0.2, 0) is 6.54 Å². The molecule has 0 amide bonds. The van der Waals surface area contributed by atoms with Gasteiger partial charge in [-0.25, -0.2) is 4.98 Å². The lowest BCUT2D eigenvalue weighted by molar-refractivity contribution is 0.370. The molecule has 0 spiro atoms. The van der Waals surface area contributed by atoms with E-state index < -0.39 is 0 Å². The Kier molecular flexibility index (Phi) is 8.62. The first-order valence-corrected chi connectivity index (χ1v) is 9.44. The Morgan fingerprint density at radius 2 is 2.00 bits per heavy atom. The molecule has 0 atom stereocenters. The fourth-order valence-corrected chi connectivity index (χ4v) is 3.49. The van der Waals surface area contributed by atoms with Gasteiger partial charge in [0.1, 0.15) is 11.6 Å². The molecule has 8 heteroatoms. The highest BCUT2D eigenvalue weighted by Gasteiger charge is 2.20. The quantitative estimate of drug-likeness (QED) is 0.363. The van der Waals surface area contributed by atoms with Gasteiger partial charge >= 0.3 is 0 Å². The van der Waals surface area contributed by atoms with E-state index in [0.29, 0.717) is 6.54 Å². The number of pyridine rings is 1. The van der Waals surface area contributed by atoms with Crippen molar-refractivity contribution in [2.75, 3.05) is 45.2 Å². The van der Waals surface area contributed by atoms with Crippen LogP contribution in [0.25, 0.3) is 0 Å². The molecule has 1 aromatic carbocycles. The molecule has 0 bridgehead atoms. The van der Waals surface area contributed by atoms with Crippen molar-refractivity contribution in [3.63, 3.8) is 0 Å². The fraction of sp³-hybridized carbons (Fsp3) is 0.368. The molecule has 2 heterocycles. The molecule has 3 rings (SSSR count). The van der Waals surface area contributed by atoms with Crippen molar-refractivity contribution in [2.24, 2.45) is 4.99 Å². The van der Waals surface area contributed by atoms with Gasteiger partial charge in [-0.3, -0.25) is 4.99 Å². The number of hydrogen-bond donors (Lipinski definition) is 1. The lowest BCUT2D eigenvalue weighted by Crippen LogP contribution is -2.52. The van der Waals surface area contributed by atoms with Gasteiger partial charge in [0.15, 0.2) is 5.96 Å². The molecule has 1 N–H and O–H groups in total. The number of nitrogens with zero attached hydrogens (tertiary/aromatic N) is 4. The summed E-state index contributed by atoms with van der Waals surface area (Å²) in [6.45, 7) is 4.34. The van der Waals surface area contributed by atoms with Crippen LogP contribution in [-0.4, -0.2) is 56.2 Å². The molecule has 1 aromatic heterocycles. The van der Waals surface area contributed by atoms with E-state index in [9.17, 15) is 0 Å². The van der Waals surface area contributed by atoms with Crippen LogP contribution in [0, 0.1) is 0 Å². The maximum absolute atomic E-state index is 5.45. The third-order valence-corrected chi connectivity index (χ3v) is 4.94. The molecule has 146 valence electrons. The first-order valence-electron chi connectivity index (χ1n) is 8.65. The first-order chi connectivity index (χ1) is 12.7. The van der Waals surface area contributed by atoms with Crippen LogP contribution in [0.3, 0.4) is 0 Å². The number of aliphatic imine (C=N–C) groups is 1. The van der Waals surface area contributed by atoms with E-state index in [4.69, 9.17) is 4.74 Å². The summed E-state index contributed by atoms with van der Waals surface area (Å²) in [7, 11) is 3.52. The van der Waals surface area contributed by atoms with E-state index in [1.54, 1.807) is 7.11 Å². The summed E-state index contributed by atoms with van der Waals surface area (Å²) in [5, 5.41) is 3.45. The summed E-state index contributed by atoms with van der Waals surface area (Å²) in [4.78, 5) is 13.5. The summed E-state index contributed by atoms with van der Waals surface area (Å²) in [5.41, 5.74) is 1.09. The minimum Gasteiger partial charge on any atom is -0.496 e. The number of benzene rings is 1. The summed E-state index contributed by atoms with van der Waals surface area (Å²) in [5.74, 6) is 2.82. The number of guanidine groups is 1. The predicted molar refractivity (Wildman–Crippen MR) is 124 cm³/mol. The molecule has 0 aliphatic carbocycles. The summed E-state index contributed by atoms with van der Waals surface area (Å²) in [6.07, 6.45) is 1.84. The Morgan fingerprint density at radius 1 is 1.22 bits per heavy atom. The molecule has 0 unspecified atom stereocenters. The highest BCUT2D eigenvalue weighted by molar-refractivity contribution is 14.0. The fourth-order valence-electron chi connectivity index (χ4n) is 3.08. The van der Waals surface area contributed by atoms with E-state index in [-0.39, 0.29) is 24.0 Å². The number of anilines is 1. The SMILES string of the molecule is CN=C(NCc1cc(Br)ccc1OC)N1CCN(c2ccccn2)CC1.I. The van der Waals surface area contributed by atoms with Gasteiger partial charge in [0.05, 0.1) is 7.11 Å². The topological polar surface area (TPSA) is 53.0 Å². The van der Waals surface area contributed by atoms with Gasteiger partial charge in [-0.1, -0.05) is 22.0 Å². The average molecular weight is 546 g/mol. The Morgan fingerprint density at radius 3 is 2.63 bits per heavy atom. The molecular formula is C19H25BrIN5O. The van der Waals surface area contributed by atoms with E-state index in [0.717, 1.165) is 53.7 Å². The third kappa shape index (κ3) is 5.71. The summed E-state index contributed by atoms with van der Waals surface area (Å²) < 4.78 is 6.48. The summed E-state index contributed by atoms with van der Waals surface area (Å²) in [6, 6.07) is 12.0. The van der Waals surface area contributed by atoms with Gasteiger partial charge in [-0.05, 0) is 30.3 Å². The van der Waals surface area contributed by atoms with Gasteiger partial charge < -0.3 is 19.9 Å². The maximum atomic E-state index is 5.45. The van der Waals surface area contributed by atoms with Crippen LogP contribution >= 0.6 is 39.9 Å². The lowest BCUT2D eigenvalue weighted by atomic mass is 10.2. The van der Waals surface area contributed by atoms with Gasteiger partial charge in [0.2, 0.25) is 0 Å². The smallest absolute Gasteiger partial charge is 0.194 e. The number of hydrogen-bond acceptors (Lipinski definition) is 4. The van der Waals surface area contributed by atoms with E-state index in [1.165, 1.54) is 0 Å². The largest absolute Gasteiger partial charge is 0.496 e. The molecule has 0 saturated carbocycles. The Bertz CT molecular complexity index is 751. The zero-order valence-electron chi connectivity index (χ0n) is 15.6. The molecule has 1 fully saturated rings. The third-order valence-electron chi connectivity index (χ3n) is 4.44. The highest BCUT2D eigenvalue weighted by Crippen LogP contribution is 2.23. The standard InChI is InChI=1S/C19H24BrN5O.HI/c1-21-19(23-14-15-13-16(20)6-7-17(15)26-2)25-11-9-24(10-12-25)18-5-3-4-8-22-18;/h3-8,13H,9-12,14H2,1-2H3,(H,21,23);1H. The maximum Gasteiger partial charge on any atom is 0.194 e. The number of methoxy groups -OCH3 is 1. The van der Waals surface area contributed by atoms with Crippen LogP contribution in [0.5, 0.6) is 5.75 Å². The zero-order chi connectivity index (χ0) is 18.4. The molecule has 2 aromatic rings. The Balaban J connectivity index is 0.00000261. The Labute approximate surface area is 186 Å². The predicted octanol–water partition coefficient (Wildman–Crippen LogP) is 3.37. The van der Waals surface area contributed by atoms with Crippen LogP contribution < -0.4 is 15.0 Å². The van der Waals surface area contributed by atoms with Gasteiger partial charge in [-0.15, -0.1) is 24.0 Å². The molecule has 0 radical (unpaired) electrons. The normalized spacial score (nSPS) is 14.6.